The minimum absolute atomic E-state index is 0. The molecule has 0 atom stereocenters. The zero-order chi connectivity index (χ0) is 32.3. The molecule has 0 aliphatic rings. The van der Waals surface area contributed by atoms with Crippen LogP contribution in [-0.4, -0.2) is 41.5 Å². The molecule has 16 heteroatoms. The van der Waals surface area contributed by atoms with Crippen molar-refractivity contribution in [3.8, 4) is 11.4 Å². The van der Waals surface area contributed by atoms with Crippen LogP contribution < -0.4 is 0 Å². The van der Waals surface area contributed by atoms with E-state index in [0.29, 0.717) is 21.8 Å². The average molecular weight is 673 g/mol. The summed E-state index contributed by atoms with van der Waals surface area (Å²) in [5.41, 5.74) is -3.44. The van der Waals surface area contributed by atoms with Gasteiger partial charge in [-0.25, -0.2) is 9.59 Å². The Balaban J connectivity index is 0.000000303. The molecule has 0 fully saturated rings. The quantitative estimate of drug-likeness (QED) is 0.157. The number of hydrogen-bond acceptors (Lipinski definition) is 4. The third-order valence-corrected chi connectivity index (χ3v) is 6.24. The zero-order valence-electron chi connectivity index (χ0n) is 21.7. The van der Waals surface area contributed by atoms with Crippen molar-refractivity contribution >= 4 is 35.1 Å². The number of aromatic nitrogens is 2. The number of alkyl halides is 8. The number of nitrogens with zero attached hydrogens (tertiary/aromatic N) is 2. The van der Waals surface area contributed by atoms with Gasteiger partial charge in [-0.2, -0.15) is 35.1 Å². The summed E-state index contributed by atoms with van der Waals surface area (Å²) in [6.07, 6.45) is -8.38. The first-order chi connectivity index (χ1) is 19.9. The molecule has 44 heavy (non-hydrogen) atoms. The van der Waals surface area contributed by atoms with Crippen LogP contribution in [0.5, 0.6) is 0 Å². The molecule has 0 saturated carbocycles. The van der Waals surface area contributed by atoms with Crippen LogP contribution in [0, 0.1) is 0 Å². The lowest BCUT2D eigenvalue weighted by molar-refractivity contribution is -0.289. The van der Waals surface area contributed by atoms with Crippen LogP contribution in [0.15, 0.2) is 73.1 Å². The summed E-state index contributed by atoms with van der Waals surface area (Å²) in [5.74, 6) is -7.57. The molecule has 2 aromatic heterocycles. The van der Waals surface area contributed by atoms with Gasteiger partial charge < -0.3 is 18.6 Å². The highest BCUT2D eigenvalue weighted by molar-refractivity contribution is 6.30. The zero-order valence-corrected chi connectivity index (χ0v) is 23.2. The third kappa shape index (κ3) is 7.53. The molecule has 6 nitrogen and oxygen atoms in total. The standard InChI is InChI=1S/C14H9ClF5NO2.C13H9ClF3NO2.CH4/c1-23-12(22)11-10(13(16,17)14(18,19)20)6-7-21(11)9-4-2-8(15)3-5-9;1-20-12(19)11-10(13(15,16)17)6-7-18(11)9-4-2-8(14)3-5-9;/h2-7H,1H3;2-7H,1H3;1H4. The van der Waals surface area contributed by atoms with Gasteiger partial charge in [-0.3, -0.25) is 0 Å². The van der Waals surface area contributed by atoms with Crippen LogP contribution in [0.25, 0.3) is 11.4 Å². The van der Waals surface area contributed by atoms with Gasteiger partial charge in [-0.1, -0.05) is 30.6 Å². The van der Waals surface area contributed by atoms with E-state index in [0.717, 1.165) is 41.8 Å². The van der Waals surface area contributed by atoms with Gasteiger partial charge in [0.05, 0.1) is 25.3 Å². The summed E-state index contributed by atoms with van der Waals surface area (Å²) in [6, 6.07) is 13.0. The van der Waals surface area contributed by atoms with E-state index in [-0.39, 0.29) is 13.1 Å². The second-order valence-electron chi connectivity index (χ2n) is 8.40. The molecular weight excluding hydrogens is 651 g/mol. The summed E-state index contributed by atoms with van der Waals surface area (Å²) in [6.45, 7) is 0. The fourth-order valence-corrected chi connectivity index (χ4v) is 4.00. The predicted molar refractivity (Wildman–Crippen MR) is 146 cm³/mol. The van der Waals surface area contributed by atoms with Gasteiger partial charge in [0, 0.05) is 33.8 Å². The highest BCUT2D eigenvalue weighted by Crippen LogP contribution is 2.46. The van der Waals surface area contributed by atoms with Crippen LogP contribution >= 0.6 is 23.2 Å². The Hall–Kier alpha value is -4.04. The summed E-state index contributed by atoms with van der Waals surface area (Å²) in [5, 5.41) is 0.776. The lowest BCUT2D eigenvalue weighted by Gasteiger charge is -2.20. The molecule has 0 saturated heterocycles. The number of carbonyl (C=O) groups excluding carboxylic acids is 2. The summed E-state index contributed by atoms with van der Waals surface area (Å²) in [7, 11) is 1.92. The monoisotopic (exact) mass is 672 g/mol. The largest absolute Gasteiger partial charge is 0.464 e. The van der Waals surface area contributed by atoms with Gasteiger partial charge in [0.15, 0.2) is 0 Å². The summed E-state index contributed by atoms with van der Waals surface area (Å²) in [4.78, 5) is 23.4. The van der Waals surface area contributed by atoms with Crippen molar-refractivity contribution in [1.29, 1.82) is 0 Å². The number of rotatable bonds is 5. The molecule has 0 aliphatic heterocycles. The maximum atomic E-state index is 13.6. The van der Waals surface area contributed by atoms with E-state index in [2.05, 4.69) is 9.47 Å². The fraction of sp³-hybridized carbons (Fsp3) is 0.214. The molecule has 0 amide bonds. The minimum Gasteiger partial charge on any atom is -0.464 e. The first kappa shape index (κ1) is 36.2. The van der Waals surface area contributed by atoms with Gasteiger partial charge in [0.1, 0.15) is 11.4 Å². The highest BCUT2D eigenvalue weighted by atomic mass is 35.5. The van der Waals surface area contributed by atoms with E-state index in [1.807, 2.05) is 0 Å². The molecule has 0 aliphatic carbocycles. The molecule has 2 aromatic carbocycles. The van der Waals surface area contributed by atoms with E-state index in [9.17, 15) is 44.7 Å². The lowest BCUT2D eigenvalue weighted by atomic mass is 10.1. The lowest BCUT2D eigenvalue weighted by Crippen LogP contribution is -2.35. The Bertz CT molecular complexity index is 1590. The number of halogens is 10. The van der Waals surface area contributed by atoms with E-state index < -0.39 is 52.7 Å². The van der Waals surface area contributed by atoms with Crippen LogP contribution in [0.2, 0.25) is 10.0 Å². The summed E-state index contributed by atoms with van der Waals surface area (Å²) < 4.78 is 115. The normalized spacial score (nSPS) is 11.6. The van der Waals surface area contributed by atoms with Crippen molar-refractivity contribution in [3.05, 3.63) is 106 Å². The molecule has 4 aromatic rings. The van der Waals surface area contributed by atoms with E-state index in [4.69, 9.17) is 23.2 Å². The molecule has 0 spiro atoms. The number of methoxy groups -OCH3 is 2. The molecular formula is C28H22Cl2F8N2O4. The van der Waals surface area contributed by atoms with Gasteiger partial charge in [-0.05, 0) is 60.7 Å². The Morgan fingerprint density at radius 2 is 0.955 bits per heavy atom. The highest BCUT2D eigenvalue weighted by Gasteiger charge is 2.60. The van der Waals surface area contributed by atoms with E-state index in [1.54, 1.807) is 0 Å². The maximum Gasteiger partial charge on any atom is 0.458 e. The first-order valence-corrected chi connectivity index (χ1v) is 12.3. The Morgan fingerprint density at radius 1 is 0.614 bits per heavy atom. The Morgan fingerprint density at radius 3 is 1.27 bits per heavy atom. The number of ether oxygens (including phenoxy) is 2. The maximum absolute atomic E-state index is 13.6. The fourth-order valence-electron chi connectivity index (χ4n) is 3.74. The second-order valence-corrected chi connectivity index (χ2v) is 9.27. The molecule has 238 valence electrons. The molecule has 0 N–H and O–H groups in total. The van der Waals surface area contributed by atoms with Gasteiger partial charge in [0.25, 0.3) is 0 Å². The molecule has 0 bridgehead atoms. The number of carbonyl (C=O) groups is 2. The van der Waals surface area contributed by atoms with E-state index in [1.165, 1.54) is 48.5 Å². The van der Waals surface area contributed by atoms with Crippen molar-refractivity contribution in [2.75, 3.05) is 14.2 Å². The third-order valence-electron chi connectivity index (χ3n) is 5.74. The Labute approximate surface area is 255 Å². The molecule has 0 radical (unpaired) electrons. The average Bonchev–Trinajstić information content (AvgIpc) is 3.59. The molecule has 4 rings (SSSR count). The van der Waals surface area contributed by atoms with Crippen molar-refractivity contribution in [2.24, 2.45) is 0 Å². The predicted octanol–water partition coefficient (Wildman–Crippen LogP) is 9.14. The first-order valence-electron chi connectivity index (χ1n) is 11.6. The van der Waals surface area contributed by atoms with Crippen molar-refractivity contribution in [1.82, 2.24) is 9.13 Å². The van der Waals surface area contributed by atoms with Crippen LogP contribution in [0.3, 0.4) is 0 Å². The SMILES string of the molecule is C.COC(=O)c1c(C(F)(F)C(F)(F)F)ccn1-c1ccc(Cl)cc1.COC(=O)c1c(C(F)(F)F)ccn1-c1ccc(Cl)cc1. The molecule has 2 heterocycles. The number of hydrogen-bond donors (Lipinski definition) is 0. The van der Waals surface area contributed by atoms with Crippen molar-refractivity contribution < 1.29 is 54.2 Å². The smallest absolute Gasteiger partial charge is 0.458 e. The Kier molecular flexibility index (Phi) is 11.3. The van der Waals surface area contributed by atoms with Crippen LogP contribution in [-0.2, 0) is 21.6 Å². The second kappa shape index (κ2) is 13.7. The van der Waals surface area contributed by atoms with Gasteiger partial charge in [-0.15, -0.1) is 0 Å². The van der Waals surface area contributed by atoms with E-state index >= 15 is 0 Å². The van der Waals surface area contributed by atoms with Crippen LogP contribution in [0.4, 0.5) is 35.1 Å². The van der Waals surface area contributed by atoms with Crippen molar-refractivity contribution in [2.45, 2.75) is 25.7 Å². The topological polar surface area (TPSA) is 62.5 Å². The van der Waals surface area contributed by atoms with Gasteiger partial charge >= 0.3 is 30.2 Å². The summed E-state index contributed by atoms with van der Waals surface area (Å²) >= 11 is 11.4. The van der Waals surface area contributed by atoms with Crippen LogP contribution in [0.1, 0.15) is 39.5 Å². The molecule has 0 unspecified atom stereocenters. The van der Waals surface area contributed by atoms with Crippen molar-refractivity contribution in [3.63, 3.8) is 0 Å². The number of benzene rings is 2. The minimum atomic E-state index is -5.85. The van der Waals surface area contributed by atoms with Gasteiger partial charge in [0.2, 0.25) is 0 Å². The number of esters is 2.